The van der Waals surface area contributed by atoms with Crippen molar-refractivity contribution in [2.75, 3.05) is 12.8 Å². The number of carbonyl (C=O) groups is 1. The number of allylic oxidation sites excluding steroid dienone is 4. The van der Waals surface area contributed by atoms with Gasteiger partial charge in [-0.3, -0.25) is 4.79 Å². The maximum Gasteiger partial charge on any atom is 0.253 e. The lowest BCUT2D eigenvalue weighted by molar-refractivity contribution is 0.0963. The molecule has 0 aliphatic rings. The average Bonchev–Trinajstić information content (AvgIpc) is 2.94. The van der Waals surface area contributed by atoms with Crippen molar-refractivity contribution in [1.82, 2.24) is 19.9 Å². The van der Waals surface area contributed by atoms with Gasteiger partial charge in [0.15, 0.2) is 5.82 Å². The number of carbonyl (C=O) groups excluding carboxylic acids is 1. The maximum absolute atomic E-state index is 12.2. The fourth-order valence-corrected chi connectivity index (χ4v) is 2.35. The molecule has 0 bridgehead atoms. The third-order valence-corrected chi connectivity index (χ3v) is 3.61. The Hall–Kier alpha value is -2.80. The largest absolute Gasteiger partial charge is 0.398 e. The zero-order valence-corrected chi connectivity index (χ0v) is 13.6. The van der Waals surface area contributed by atoms with Gasteiger partial charge in [0.25, 0.3) is 5.91 Å². The van der Waals surface area contributed by atoms with E-state index in [0.29, 0.717) is 32.9 Å². The van der Waals surface area contributed by atoms with Crippen LogP contribution in [0.25, 0.3) is 11.1 Å². The standard InChI is InChI=1S/C15H17ClN6O/c1-4-11(17)10(16)5-8(2)12-9(15(23)19-3)6-22-13(12)14(18)20-7-21-22/h4-7H,2,17H2,1,3H3,(H,19,23)(H2,18,20,21)/b10-5+,11-4+. The summed E-state index contributed by atoms with van der Waals surface area (Å²) in [5, 5.41) is 6.95. The molecule has 0 atom stereocenters. The molecular weight excluding hydrogens is 316 g/mol. The number of fused-ring (bicyclic) bond motifs is 1. The summed E-state index contributed by atoms with van der Waals surface area (Å²) >= 11 is 6.14. The monoisotopic (exact) mass is 332 g/mol. The van der Waals surface area contributed by atoms with E-state index < -0.39 is 0 Å². The number of rotatable bonds is 4. The minimum Gasteiger partial charge on any atom is -0.398 e. The van der Waals surface area contributed by atoms with Crippen molar-refractivity contribution in [3.63, 3.8) is 0 Å². The van der Waals surface area contributed by atoms with E-state index >= 15 is 0 Å². The average molecular weight is 333 g/mol. The van der Waals surface area contributed by atoms with Gasteiger partial charge >= 0.3 is 0 Å². The molecule has 2 aromatic rings. The number of nitrogens with zero attached hydrogens (tertiary/aromatic N) is 3. The van der Waals surface area contributed by atoms with Crippen molar-refractivity contribution in [2.45, 2.75) is 6.92 Å². The zero-order chi connectivity index (χ0) is 17.1. The Kier molecular flexibility index (Phi) is 4.71. The Morgan fingerprint density at radius 1 is 1.52 bits per heavy atom. The molecule has 7 nitrogen and oxygen atoms in total. The molecule has 5 N–H and O–H groups in total. The molecule has 2 heterocycles. The molecule has 0 aliphatic carbocycles. The quantitative estimate of drug-likeness (QED) is 0.737. The topological polar surface area (TPSA) is 111 Å². The summed E-state index contributed by atoms with van der Waals surface area (Å²) in [5.74, 6) is -0.0654. The van der Waals surface area contributed by atoms with Gasteiger partial charge in [-0.1, -0.05) is 24.3 Å². The van der Waals surface area contributed by atoms with Gasteiger partial charge in [-0.2, -0.15) is 5.10 Å². The highest BCUT2D eigenvalue weighted by molar-refractivity contribution is 6.32. The van der Waals surface area contributed by atoms with Crippen LogP contribution in [0.3, 0.4) is 0 Å². The van der Waals surface area contributed by atoms with E-state index in [1.165, 1.54) is 17.9 Å². The van der Waals surface area contributed by atoms with Gasteiger partial charge in [0.2, 0.25) is 0 Å². The van der Waals surface area contributed by atoms with Gasteiger partial charge in [0, 0.05) is 24.5 Å². The van der Waals surface area contributed by atoms with E-state index in [2.05, 4.69) is 22.0 Å². The number of hydrogen-bond donors (Lipinski definition) is 3. The molecule has 0 fully saturated rings. The second kappa shape index (κ2) is 6.53. The SMILES string of the molecule is C=C(/C=C(Cl)\C(N)=C/C)c1c(C(=O)NC)cn2ncnc(N)c12. The first-order valence-corrected chi connectivity index (χ1v) is 7.11. The summed E-state index contributed by atoms with van der Waals surface area (Å²) in [6.07, 6.45) is 6.11. The van der Waals surface area contributed by atoms with E-state index in [1.54, 1.807) is 25.3 Å². The number of nitrogens with two attached hydrogens (primary N) is 2. The van der Waals surface area contributed by atoms with Crippen LogP contribution in [0.5, 0.6) is 0 Å². The van der Waals surface area contributed by atoms with E-state index in [-0.39, 0.29) is 11.7 Å². The van der Waals surface area contributed by atoms with Gasteiger partial charge in [-0.05, 0) is 18.6 Å². The van der Waals surface area contributed by atoms with Crippen molar-refractivity contribution >= 4 is 34.4 Å². The van der Waals surface area contributed by atoms with E-state index in [0.717, 1.165) is 0 Å². The normalized spacial score (nSPS) is 12.5. The van der Waals surface area contributed by atoms with Gasteiger partial charge in [0.1, 0.15) is 11.8 Å². The molecule has 2 aromatic heterocycles. The number of amides is 1. The molecule has 0 saturated heterocycles. The van der Waals surface area contributed by atoms with Crippen LogP contribution in [0.1, 0.15) is 22.8 Å². The summed E-state index contributed by atoms with van der Waals surface area (Å²) in [6, 6.07) is 0. The van der Waals surface area contributed by atoms with Crippen LogP contribution in [-0.2, 0) is 0 Å². The van der Waals surface area contributed by atoms with Crippen LogP contribution in [-0.4, -0.2) is 27.6 Å². The Morgan fingerprint density at radius 2 is 2.22 bits per heavy atom. The van der Waals surface area contributed by atoms with Crippen molar-refractivity contribution in [3.8, 4) is 0 Å². The number of nitrogen functional groups attached to an aromatic ring is 1. The van der Waals surface area contributed by atoms with Gasteiger partial charge in [-0.25, -0.2) is 9.50 Å². The third kappa shape index (κ3) is 3.04. The fraction of sp³-hybridized carbons (Fsp3) is 0.133. The minimum atomic E-state index is -0.297. The maximum atomic E-state index is 12.2. The molecular formula is C15H17ClN6O. The number of halogens is 1. The fourth-order valence-electron chi connectivity index (χ4n) is 2.11. The van der Waals surface area contributed by atoms with E-state index in [1.807, 2.05) is 0 Å². The predicted octanol–water partition coefficient (Wildman–Crippen LogP) is 1.67. The molecule has 0 spiro atoms. The Labute approximate surface area is 138 Å². The summed E-state index contributed by atoms with van der Waals surface area (Å²) in [5.41, 5.74) is 13.9. The lowest BCUT2D eigenvalue weighted by Gasteiger charge is -2.06. The van der Waals surface area contributed by atoms with Crippen LogP contribution >= 0.6 is 11.6 Å². The van der Waals surface area contributed by atoms with Crippen LogP contribution in [0.4, 0.5) is 5.82 Å². The lowest BCUT2D eigenvalue weighted by Crippen LogP contribution is -2.18. The predicted molar refractivity (Wildman–Crippen MR) is 91.7 cm³/mol. The van der Waals surface area contributed by atoms with E-state index in [9.17, 15) is 4.79 Å². The highest BCUT2D eigenvalue weighted by Gasteiger charge is 2.20. The second-order valence-electron chi connectivity index (χ2n) is 4.70. The molecule has 8 heteroatoms. The summed E-state index contributed by atoms with van der Waals surface area (Å²) < 4.78 is 1.48. The summed E-state index contributed by atoms with van der Waals surface area (Å²) in [4.78, 5) is 16.1. The zero-order valence-electron chi connectivity index (χ0n) is 12.8. The molecule has 0 unspecified atom stereocenters. The molecule has 0 saturated carbocycles. The molecule has 0 radical (unpaired) electrons. The van der Waals surface area contributed by atoms with Gasteiger partial charge in [-0.15, -0.1) is 0 Å². The molecule has 0 aliphatic heterocycles. The first-order chi connectivity index (χ1) is 10.9. The molecule has 1 amide bonds. The summed E-state index contributed by atoms with van der Waals surface area (Å²) in [6.45, 7) is 5.74. The molecule has 120 valence electrons. The Morgan fingerprint density at radius 3 is 2.83 bits per heavy atom. The smallest absolute Gasteiger partial charge is 0.253 e. The van der Waals surface area contributed by atoms with Crippen molar-refractivity contribution in [2.24, 2.45) is 5.73 Å². The van der Waals surface area contributed by atoms with Crippen LogP contribution in [0, 0.1) is 0 Å². The van der Waals surface area contributed by atoms with Crippen molar-refractivity contribution < 1.29 is 4.79 Å². The van der Waals surface area contributed by atoms with Crippen LogP contribution in [0.15, 0.2) is 42.0 Å². The highest BCUT2D eigenvalue weighted by atomic mass is 35.5. The van der Waals surface area contributed by atoms with E-state index in [4.69, 9.17) is 23.1 Å². The molecule has 2 rings (SSSR count). The lowest BCUT2D eigenvalue weighted by atomic mass is 10.0. The van der Waals surface area contributed by atoms with Crippen molar-refractivity contribution in [3.05, 3.63) is 53.1 Å². The number of hydrogen-bond acceptors (Lipinski definition) is 5. The van der Waals surface area contributed by atoms with Crippen LogP contribution in [0.2, 0.25) is 0 Å². The number of nitrogens with one attached hydrogen (secondary N) is 1. The first kappa shape index (κ1) is 16.6. The van der Waals surface area contributed by atoms with Crippen LogP contribution < -0.4 is 16.8 Å². The minimum absolute atomic E-state index is 0.231. The number of aromatic nitrogens is 3. The molecule has 23 heavy (non-hydrogen) atoms. The van der Waals surface area contributed by atoms with Gasteiger partial charge in [0.05, 0.1) is 10.6 Å². The second-order valence-corrected chi connectivity index (χ2v) is 5.10. The van der Waals surface area contributed by atoms with Gasteiger partial charge < -0.3 is 16.8 Å². The first-order valence-electron chi connectivity index (χ1n) is 6.73. The Bertz CT molecular complexity index is 849. The third-order valence-electron chi connectivity index (χ3n) is 3.28. The highest BCUT2D eigenvalue weighted by Crippen LogP contribution is 2.30. The Balaban J connectivity index is 2.71. The summed E-state index contributed by atoms with van der Waals surface area (Å²) in [7, 11) is 1.53. The molecule has 0 aromatic carbocycles. The number of anilines is 1. The van der Waals surface area contributed by atoms with Crippen molar-refractivity contribution in [1.29, 1.82) is 0 Å².